The smallest absolute Gasteiger partial charge is 0.254 e. The fraction of sp³-hybridized carbons (Fsp3) is 0.190. The predicted molar refractivity (Wildman–Crippen MR) is 108 cm³/mol. The Hall–Kier alpha value is -3.17. The van der Waals surface area contributed by atoms with Crippen molar-refractivity contribution in [1.29, 1.82) is 5.26 Å². The van der Waals surface area contributed by atoms with E-state index in [4.69, 9.17) is 16.6 Å². The number of nitrogens with zero attached hydrogens (tertiary/aromatic N) is 1. The Morgan fingerprint density at radius 3 is 2.74 bits per heavy atom. The average Bonchev–Trinajstić information content (AvgIpc) is 3.18. The Labute approximate surface area is 163 Å². The van der Waals surface area contributed by atoms with Crippen LogP contribution in [0, 0.1) is 16.7 Å². The van der Waals surface area contributed by atoms with E-state index in [1.165, 1.54) is 6.26 Å². The van der Waals surface area contributed by atoms with Crippen molar-refractivity contribution in [1.82, 2.24) is 5.32 Å². The van der Waals surface area contributed by atoms with Gasteiger partial charge in [0.15, 0.2) is 0 Å². The molecule has 1 aromatic heterocycles. The van der Waals surface area contributed by atoms with E-state index in [0.29, 0.717) is 27.7 Å². The monoisotopic (exact) mass is 377 g/mol. The van der Waals surface area contributed by atoms with Crippen molar-refractivity contribution in [2.45, 2.75) is 19.3 Å². The summed E-state index contributed by atoms with van der Waals surface area (Å²) in [4.78, 5) is 13.5. The van der Waals surface area contributed by atoms with Crippen molar-refractivity contribution in [2.75, 3.05) is 5.32 Å². The second kappa shape index (κ2) is 7.60. The molecule has 2 aromatic rings. The van der Waals surface area contributed by atoms with Crippen LogP contribution >= 0.6 is 12.2 Å². The molecule has 0 saturated carbocycles. The summed E-state index contributed by atoms with van der Waals surface area (Å²) in [6.45, 7) is 5.54. The molecule has 0 bridgehead atoms. The number of para-hydroxylation sites is 1. The van der Waals surface area contributed by atoms with E-state index in [-0.39, 0.29) is 12.3 Å². The molecule has 2 N–H and O–H groups in total. The molecule has 0 spiro atoms. The summed E-state index contributed by atoms with van der Waals surface area (Å²) >= 11 is 5.51. The molecule has 5 nitrogen and oxygen atoms in total. The molecule has 1 aromatic carbocycles. The van der Waals surface area contributed by atoms with Crippen molar-refractivity contribution in [3.8, 4) is 6.07 Å². The van der Waals surface area contributed by atoms with E-state index in [9.17, 15) is 10.1 Å². The molecular formula is C21H19N3O2S. The van der Waals surface area contributed by atoms with Gasteiger partial charge in [-0.05, 0) is 37.6 Å². The molecule has 1 amide bonds. The molecule has 0 radical (unpaired) electrons. The van der Waals surface area contributed by atoms with Gasteiger partial charge >= 0.3 is 0 Å². The first-order valence-corrected chi connectivity index (χ1v) is 8.88. The van der Waals surface area contributed by atoms with Gasteiger partial charge < -0.3 is 15.1 Å². The molecule has 0 aliphatic carbocycles. The van der Waals surface area contributed by atoms with Crippen LogP contribution < -0.4 is 10.6 Å². The van der Waals surface area contributed by atoms with Gasteiger partial charge in [-0.2, -0.15) is 5.26 Å². The maximum absolute atomic E-state index is 13.2. The molecule has 27 heavy (non-hydrogen) atoms. The van der Waals surface area contributed by atoms with E-state index < -0.39 is 11.3 Å². The van der Waals surface area contributed by atoms with E-state index in [0.717, 1.165) is 0 Å². The number of amides is 1. The van der Waals surface area contributed by atoms with Gasteiger partial charge in [0.2, 0.25) is 0 Å². The van der Waals surface area contributed by atoms with Crippen LogP contribution in [0.2, 0.25) is 0 Å². The van der Waals surface area contributed by atoms with Crippen molar-refractivity contribution in [2.24, 2.45) is 5.41 Å². The lowest BCUT2D eigenvalue weighted by Gasteiger charge is -2.40. The first-order valence-electron chi connectivity index (χ1n) is 8.47. The van der Waals surface area contributed by atoms with Crippen molar-refractivity contribution in [3.63, 3.8) is 0 Å². The zero-order valence-corrected chi connectivity index (χ0v) is 15.7. The van der Waals surface area contributed by atoms with E-state index >= 15 is 0 Å². The Kier molecular flexibility index (Phi) is 5.24. The summed E-state index contributed by atoms with van der Waals surface area (Å²) < 4.78 is 5.62. The second-order valence-electron chi connectivity index (χ2n) is 6.34. The highest BCUT2D eigenvalue weighted by molar-refractivity contribution is 7.80. The second-order valence-corrected chi connectivity index (χ2v) is 6.75. The molecule has 0 unspecified atom stereocenters. The van der Waals surface area contributed by atoms with E-state index in [1.54, 1.807) is 37.3 Å². The van der Waals surface area contributed by atoms with Gasteiger partial charge in [0.25, 0.3) is 5.91 Å². The quantitative estimate of drug-likeness (QED) is 0.600. The standard InChI is InChI=1S/C21H19N3O2S/c1-3-11-21(13-22)18(16-10-7-12-26-16)17(14(2)23-20(21)27)19(25)24-15-8-5-4-6-9-15/h3-10,12,18H,1,11H2,2H3,(H,23,27)(H,24,25)/t18-,21+/m0/s1. The molecule has 3 rings (SSSR count). The topological polar surface area (TPSA) is 78.1 Å². The zero-order chi connectivity index (χ0) is 19.4. The molecule has 1 aliphatic rings. The van der Waals surface area contributed by atoms with Crippen LogP contribution in [0.5, 0.6) is 0 Å². The van der Waals surface area contributed by atoms with Gasteiger partial charge in [-0.25, -0.2) is 0 Å². The van der Waals surface area contributed by atoms with Crippen LogP contribution in [0.3, 0.4) is 0 Å². The molecule has 6 heteroatoms. The largest absolute Gasteiger partial charge is 0.469 e. The lowest BCUT2D eigenvalue weighted by Crippen LogP contribution is -2.49. The van der Waals surface area contributed by atoms with Crippen LogP contribution in [0.1, 0.15) is 25.0 Å². The Balaban J connectivity index is 2.13. The number of furan rings is 1. The summed E-state index contributed by atoms with van der Waals surface area (Å²) in [6.07, 6.45) is 3.45. The SMILES string of the molecule is C=CC[C@]1(C#N)C(=S)NC(C)=C(C(=O)Nc2ccccc2)[C@@H]1c1ccco1. The van der Waals surface area contributed by atoms with Gasteiger partial charge in [-0.1, -0.05) is 36.5 Å². The number of carbonyl (C=O) groups excluding carboxylic acids is 1. The number of benzene rings is 1. The molecule has 2 heterocycles. The molecule has 0 fully saturated rings. The summed E-state index contributed by atoms with van der Waals surface area (Å²) in [5.74, 6) is -0.438. The van der Waals surface area contributed by atoms with Crippen LogP contribution in [0.15, 0.2) is 77.1 Å². The maximum Gasteiger partial charge on any atom is 0.254 e. The Morgan fingerprint density at radius 1 is 1.41 bits per heavy atom. The van der Waals surface area contributed by atoms with Gasteiger partial charge in [-0.3, -0.25) is 4.79 Å². The number of hydrogen-bond donors (Lipinski definition) is 2. The molecule has 136 valence electrons. The molecule has 1 aliphatic heterocycles. The molecule has 0 saturated heterocycles. The van der Waals surface area contributed by atoms with Crippen LogP contribution in [0.4, 0.5) is 5.69 Å². The zero-order valence-electron chi connectivity index (χ0n) is 14.9. The number of hydrogen-bond acceptors (Lipinski definition) is 4. The summed E-state index contributed by atoms with van der Waals surface area (Å²) in [5.41, 5.74) is 0.536. The predicted octanol–water partition coefficient (Wildman–Crippen LogP) is 4.29. The first-order chi connectivity index (χ1) is 13.0. The van der Waals surface area contributed by atoms with Gasteiger partial charge in [0.1, 0.15) is 16.2 Å². The van der Waals surface area contributed by atoms with Gasteiger partial charge in [-0.15, -0.1) is 6.58 Å². The number of carbonyl (C=O) groups is 1. The highest BCUT2D eigenvalue weighted by Gasteiger charge is 2.51. The number of allylic oxidation sites excluding steroid dienone is 2. The Morgan fingerprint density at radius 2 is 2.15 bits per heavy atom. The third-order valence-corrected chi connectivity index (χ3v) is 5.13. The minimum atomic E-state index is -1.15. The van der Waals surface area contributed by atoms with Crippen molar-refractivity contribution < 1.29 is 9.21 Å². The highest BCUT2D eigenvalue weighted by Crippen LogP contribution is 2.48. The van der Waals surface area contributed by atoms with Crippen molar-refractivity contribution >= 4 is 28.8 Å². The lowest BCUT2D eigenvalue weighted by atomic mass is 9.66. The fourth-order valence-electron chi connectivity index (χ4n) is 3.40. The number of nitrogens with one attached hydrogen (secondary N) is 2. The van der Waals surface area contributed by atoms with Gasteiger partial charge in [0, 0.05) is 17.0 Å². The summed E-state index contributed by atoms with van der Waals surface area (Å²) in [5, 5.41) is 16.0. The summed E-state index contributed by atoms with van der Waals surface area (Å²) in [7, 11) is 0. The fourth-order valence-corrected chi connectivity index (χ4v) is 3.80. The number of thiocarbonyl (C=S) groups is 1. The third-order valence-electron chi connectivity index (χ3n) is 4.66. The molecule has 2 atom stereocenters. The Bertz CT molecular complexity index is 942. The normalized spacial score (nSPS) is 21.9. The minimum absolute atomic E-state index is 0.288. The molecular weight excluding hydrogens is 358 g/mol. The van der Waals surface area contributed by atoms with Crippen LogP contribution in [-0.4, -0.2) is 10.9 Å². The number of rotatable bonds is 5. The van der Waals surface area contributed by atoms with Gasteiger partial charge in [0.05, 0.1) is 18.3 Å². The maximum atomic E-state index is 13.2. The van der Waals surface area contributed by atoms with Crippen LogP contribution in [-0.2, 0) is 4.79 Å². The average molecular weight is 377 g/mol. The third kappa shape index (κ3) is 3.29. The highest BCUT2D eigenvalue weighted by atomic mass is 32.1. The number of anilines is 1. The van der Waals surface area contributed by atoms with E-state index in [2.05, 4.69) is 23.3 Å². The summed E-state index contributed by atoms with van der Waals surface area (Å²) in [6, 6.07) is 15.0. The van der Waals surface area contributed by atoms with Crippen molar-refractivity contribution in [3.05, 3.63) is 78.4 Å². The number of nitriles is 1. The van der Waals surface area contributed by atoms with Crippen LogP contribution in [0.25, 0.3) is 0 Å². The van der Waals surface area contributed by atoms with E-state index in [1.807, 2.05) is 18.2 Å². The minimum Gasteiger partial charge on any atom is -0.469 e. The first kappa shape index (κ1) is 18.6. The lowest BCUT2D eigenvalue weighted by molar-refractivity contribution is -0.113.